The van der Waals surface area contributed by atoms with E-state index in [2.05, 4.69) is 20.6 Å². The van der Waals surface area contributed by atoms with Gasteiger partial charge in [0, 0.05) is 30.5 Å². The Hall–Kier alpha value is -1.56. The Labute approximate surface area is 190 Å². The fourth-order valence-electron chi connectivity index (χ4n) is 2.43. The van der Waals surface area contributed by atoms with Crippen LogP contribution in [0.15, 0.2) is 28.6 Å². The van der Waals surface area contributed by atoms with Gasteiger partial charge in [0.05, 0.1) is 18.2 Å². The molecular weight excluding hydrogens is 516 g/mol. The van der Waals surface area contributed by atoms with Crippen LogP contribution in [0, 0.1) is 6.92 Å². The predicted molar refractivity (Wildman–Crippen MR) is 121 cm³/mol. The SMILES string of the molecule is CCNC(=NCc1ccc(C)cc1OCC)NCCc1nc(C(F)(F)F)cs1.I. The molecule has 0 aliphatic carbocycles. The lowest BCUT2D eigenvalue weighted by Crippen LogP contribution is -2.38. The summed E-state index contributed by atoms with van der Waals surface area (Å²) in [4.78, 5) is 8.18. The van der Waals surface area contributed by atoms with Gasteiger partial charge in [0.2, 0.25) is 0 Å². The highest BCUT2D eigenvalue weighted by molar-refractivity contribution is 14.0. The third-order valence-corrected chi connectivity index (χ3v) is 4.66. The molecular formula is C19H26F3IN4OS. The normalized spacial score (nSPS) is 11.7. The Morgan fingerprint density at radius 1 is 1.24 bits per heavy atom. The molecule has 0 atom stereocenters. The van der Waals surface area contributed by atoms with Crippen LogP contribution >= 0.6 is 35.3 Å². The van der Waals surface area contributed by atoms with E-state index in [4.69, 9.17) is 4.74 Å². The van der Waals surface area contributed by atoms with Gasteiger partial charge in [-0.2, -0.15) is 13.2 Å². The third-order valence-electron chi connectivity index (χ3n) is 3.75. The lowest BCUT2D eigenvalue weighted by atomic mass is 10.1. The van der Waals surface area contributed by atoms with E-state index in [-0.39, 0.29) is 24.0 Å². The van der Waals surface area contributed by atoms with Crippen LogP contribution in [0.25, 0.3) is 0 Å². The molecule has 29 heavy (non-hydrogen) atoms. The number of thiazole rings is 1. The maximum atomic E-state index is 12.6. The average Bonchev–Trinajstić information content (AvgIpc) is 3.10. The lowest BCUT2D eigenvalue weighted by molar-refractivity contribution is -0.140. The van der Waals surface area contributed by atoms with Gasteiger partial charge >= 0.3 is 6.18 Å². The first-order valence-corrected chi connectivity index (χ1v) is 9.97. The van der Waals surface area contributed by atoms with Crippen molar-refractivity contribution >= 4 is 41.3 Å². The Bertz CT molecular complexity index is 796. The van der Waals surface area contributed by atoms with Crippen LogP contribution in [0.5, 0.6) is 5.75 Å². The summed E-state index contributed by atoms with van der Waals surface area (Å²) in [6.07, 6.45) is -4.01. The molecule has 1 aromatic heterocycles. The lowest BCUT2D eigenvalue weighted by Gasteiger charge is -2.13. The molecule has 0 aliphatic heterocycles. The second-order valence-corrected chi connectivity index (χ2v) is 6.98. The molecule has 0 aliphatic rings. The summed E-state index contributed by atoms with van der Waals surface area (Å²) in [5.74, 6) is 1.41. The van der Waals surface area contributed by atoms with Crippen molar-refractivity contribution in [2.24, 2.45) is 4.99 Å². The molecule has 162 valence electrons. The van der Waals surface area contributed by atoms with E-state index in [1.807, 2.05) is 39.0 Å². The van der Waals surface area contributed by atoms with E-state index in [0.717, 1.165) is 33.6 Å². The van der Waals surface area contributed by atoms with Crippen LogP contribution in [0.2, 0.25) is 0 Å². The summed E-state index contributed by atoms with van der Waals surface area (Å²) < 4.78 is 43.5. The van der Waals surface area contributed by atoms with Crippen molar-refractivity contribution in [3.63, 3.8) is 0 Å². The number of nitrogens with zero attached hydrogens (tertiary/aromatic N) is 2. The number of guanidine groups is 1. The number of aromatic nitrogens is 1. The number of nitrogens with one attached hydrogen (secondary N) is 2. The summed E-state index contributed by atoms with van der Waals surface area (Å²) in [6.45, 7) is 8.00. The monoisotopic (exact) mass is 542 g/mol. The number of aryl methyl sites for hydroxylation is 1. The second kappa shape index (κ2) is 12.2. The van der Waals surface area contributed by atoms with Crippen molar-refractivity contribution < 1.29 is 17.9 Å². The molecule has 0 spiro atoms. The number of hydrogen-bond acceptors (Lipinski definition) is 4. The number of halogens is 4. The summed E-state index contributed by atoms with van der Waals surface area (Å²) in [7, 11) is 0. The molecule has 10 heteroatoms. The molecule has 0 unspecified atom stereocenters. The van der Waals surface area contributed by atoms with Crippen molar-refractivity contribution in [3.8, 4) is 5.75 Å². The summed E-state index contributed by atoms with van der Waals surface area (Å²) in [5, 5.41) is 7.75. The molecule has 2 aromatic rings. The average molecular weight is 542 g/mol. The standard InChI is InChI=1S/C19H25F3N4OS.HI/c1-4-23-18(24-9-8-17-26-16(12-28-17)19(20,21)22)25-11-14-7-6-13(3)10-15(14)27-5-2;/h6-7,10,12H,4-5,8-9,11H2,1-3H3,(H2,23,24,25);1H. The number of rotatable bonds is 8. The van der Waals surface area contributed by atoms with Crippen LogP contribution < -0.4 is 15.4 Å². The first-order valence-electron chi connectivity index (χ1n) is 9.09. The summed E-state index contributed by atoms with van der Waals surface area (Å²) in [6, 6.07) is 5.98. The molecule has 5 nitrogen and oxygen atoms in total. The molecule has 0 fully saturated rings. The first kappa shape index (κ1) is 25.5. The van der Waals surface area contributed by atoms with Crippen LogP contribution in [0.4, 0.5) is 13.2 Å². The van der Waals surface area contributed by atoms with E-state index in [1.165, 1.54) is 0 Å². The quantitative estimate of drug-likeness (QED) is 0.287. The maximum absolute atomic E-state index is 12.6. The number of alkyl halides is 3. The smallest absolute Gasteiger partial charge is 0.434 e. The Kier molecular flexibility index (Phi) is 10.7. The molecule has 0 bridgehead atoms. The molecule has 2 rings (SSSR count). The van der Waals surface area contributed by atoms with Gasteiger partial charge in [-0.1, -0.05) is 12.1 Å². The highest BCUT2D eigenvalue weighted by atomic mass is 127. The molecule has 0 radical (unpaired) electrons. The highest BCUT2D eigenvalue weighted by Gasteiger charge is 2.33. The molecule has 0 saturated heterocycles. The van der Waals surface area contributed by atoms with E-state index in [1.54, 1.807) is 0 Å². The van der Waals surface area contributed by atoms with Gasteiger partial charge in [0.25, 0.3) is 0 Å². The molecule has 1 heterocycles. The molecule has 0 saturated carbocycles. The molecule has 0 amide bonds. The largest absolute Gasteiger partial charge is 0.494 e. The van der Waals surface area contributed by atoms with E-state index < -0.39 is 11.9 Å². The van der Waals surface area contributed by atoms with Crippen molar-refractivity contribution in [1.29, 1.82) is 0 Å². The van der Waals surface area contributed by atoms with Gasteiger partial charge in [-0.15, -0.1) is 35.3 Å². The fraction of sp³-hybridized carbons (Fsp3) is 0.474. The van der Waals surface area contributed by atoms with Crippen LogP contribution in [0.1, 0.15) is 35.7 Å². The topological polar surface area (TPSA) is 58.5 Å². The second-order valence-electron chi connectivity index (χ2n) is 6.04. The maximum Gasteiger partial charge on any atom is 0.434 e. The minimum absolute atomic E-state index is 0. The van der Waals surface area contributed by atoms with Crippen molar-refractivity contribution in [3.05, 3.63) is 45.4 Å². The van der Waals surface area contributed by atoms with E-state index in [0.29, 0.717) is 43.6 Å². The fourth-order valence-corrected chi connectivity index (χ4v) is 3.24. The van der Waals surface area contributed by atoms with Gasteiger partial charge in [-0.05, 0) is 32.4 Å². The van der Waals surface area contributed by atoms with Gasteiger partial charge in [-0.25, -0.2) is 9.98 Å². The van der Waals surface area contributed by atoms with Gasteiger partial charge in [0.1, 0.15) is 5.75 Å². The van der Waals surface area contributed by atoms with Crippen molar-refractivity contribution in [1.82, 2.24) is 15.6 Å². The minimum atomic E-state index is -4.40. The molecule has 2 N–H and O–H groups in total. The third kappa shape index (κ3) is 8.37. The van der Waals surface area contributed by atoms with Crippen molar-refractivity contribution in [2.45, 2.75) is 39.9 Å². The van der Waals surface area contributed by atoms with Crippen molar-refractivity contribution in [2.75, 3.05) is 19.7 Å². The Morgan fingerprint density at radius 3 is 2.62 bits per heavy atom. The molecule has 1 aromatic carbocycles. The zero-order valence-electron chi connectivity index (χ0n) is 16.6. The number of benzene rings is 1. The zero-order chi connectivity index (χ0) is 20.6. The number of aliphatic imine (C=N–C) groups is 1. The van der Waals surface area contributed by atoms with Crippen LogP contribution in [-0.4, -0.2) is 30.6 Å². The zero-order valence-corrected chi connectivity index (χ0v) is 19.7. The van der Waals surface area contributed by atoms with Crippen LogP contribution in [-0.2, 0) is 19.1 Å². The highest BCUT2D eigenvalue weighted by Crippen LogP contribution is 2.30. The van der Waals surface area contributed by atoms with E-state index >= 15 is 0 Å². The summed E-state index contributed by atoms with van der Waals surface area (Å²) in [5.41, 5.74) is 1.25. The number of hydrogen-bond donors (Lipinski definition) is 2. The minimum Gasteiger partial charge on any atom is -0.494 e. The Balaban J connectivity index is 0.00000420. The van der Waals surface area contributed by atoms with Gasteiger partial charge in [0.15, 0.2) is 11.7 Å². The predicted octanol–water partition coefficient (Wildman–Crippen LogP) is 4.78. The first-order chi connectivity index (χ1) is 13.3. The van der Waals surface area contributed by atoms with Gasteiger partial charge < -0.3 is 15.4 Å². The van der Waals surface area contributed by atoms with Crippen LogP contribution in [0.3, 0.4) is 0 Å². The van der Waals surface area contributed by atoms with Gasteiger partial charge in [-0.3, -0.25) is 0 Å². The van der Waals surface area contributed by atoms with E-state index in [9.17, 15) is 13.2 Å². The number of ether oxygens (including phenoxy) is 1. The Morgan fingerprint density at radius 2 is 2.00 bits per heavy atom. The summed E-state index contributed by atoms with van der Waals surface area (Å²) >= 11 is 1.01.